The fourth-order valence-electron chi connectivity index (χ4n) is 1.52. The standard InChI is InChI=1S/C9H7F2NO2/c10-8(11)7(13)5-3-1-2-4-6(5)9(8,12)14/h1-4,14H,12H2. The maximum absolute atomic E-state index is 13.2. The molecule has 3 N–H and O–H groups in total. The topological polar surface area (TPSA) is 63.3 Å². The van der Waals surface area contributed by atoms with Gasteiger partial charge in [-0.3, -0.25) is 10.5 Å². The lowest BCUT2D eigenvalue weighted by Crippen LogP contribution is -2.51. The van der Waals surface area contributed by atoms with Crippen LogP contribution in [-0.2, 0) is 5.72 Å². The summed E-state index contributed by atoms with van der Waals surface area (Å²) in [7, 11) is 0. The molecule has 74 valence electrons. The first kappa shape index (κ1) is 9.23. The number of ketones is 1. The molecule has 3 nitrogen and oxygen atoms in total. The second-order valence-corrected chi connectivity index (χ2v) is 3.22. The molecule has 0 heterocycles. The van der Waals surface area contributed by atoms with Crippen molar-refractivity contribution < 1.29 is 18.7 Å². The molecule has 0 saturated carbocycles. The van der Waals surface area contributed by atoms with Crippen LogP contribution in [-0.4, -0.2) is 16.8 Å². The van der Waals surface area contributed by atoms with Gasteiger partial charge in [0.25, 0.3) is 0 Å². The molecule has 5 heteroatoms. The third-order valence-electron chi connectivity index (χ3n) is 2.35. The van der Waals surface area contributed by atoms with Gasteiger partial charge in [0.2, 0.25) is 11.5 Å². The number of Topliss-reactive ketones (excluding diaryl/α,β-unsaturated/α-hetero) is 1. The molecule has 1 unspecified atom stereocenters. The van der Waals surface area contributed by atoms with Gasteiger partial charge in [-0.05, 0) is 0 Å². The van der Waals surface area contributed by atoms with Crippen molar-refractivity contribution in [1.82, 2.24) is 0 Å². The van der Waals surface area contributed by atoms with Crippen molar-refractivity contribution in [3.63, 3.8) is 0 Å². The van der Waals surface area contributed by atoms with Crippen molar-refractivity contribution in [3.05, 3.63) is 35.4 Å². The fourth-order valence-corrected chi connectivity index (χ4v) is 1.52. The van der Waals surface area contributed by atoms with Crippen LogP contribution in [0.2, 0.25) is 0 Å². The molecule has 0 saturated heterocycles. The first-order chi connectivity index (χ1) is 6.39. The molecule has 0 fully saturated rings. The van der Waals surface area contributed by atoms with Crippen molar-refractivity contribution in [2.45, 2.75) is 11.6 Å². The third-order valence-corrected chi connectivity index (χ3v) is 2.35. The van der Waals surface area contributed by atoms with Crippen LogP contribution < -0.4 is 5.73 Å². The summed E-state index contributed by atoms with van der Waals surface area (Å²) >= 11 is 0. The Balaban J connectivity index is 2.74. The van der Waals surface area contributed by atoms with E-state index in [-0.39, 0.29) is 11.1 Å². The Morgan fingerprint density at radius 1 is 1.29 bits per heavy atom. The van der Waals surface area contributed by atoms with Gasteiger partial charge in [-0.15, -0.1) is 0 Å². The summed E-state index contributed by atoms with van der Waals surface area (Å²) in [4.78, 5) is 11.1. The van der Waals surface area contributed by atoms with Crippen molar-refractivity contribution in [2.24, 2.45) is 5.73 Å². The highest BCUT2D eigenvalue weighted by molar-refractivity contribution is 6.07. The van der Waals surface area contributed by atoms with E-state index in [2.05, 4.69) is 0 Å². The highest BCUT2D eigenvalue weighted by atomic mass is 19.3. The van der Waals surface area contributed by atoms with Gasteiger partial charge in [-0.2, -0.15) is 8.78 Å². The monoisotopic (exact) mass is 199 g/mol. The van der Waals surface area contributed by atoms with Crippen molar-refractivity contribution in [1.29, 1.82) is 0 Å². The maximum atomic E-state index is 13.2. The molecule has 0 amide bonds. The Morgan fingerprint density at radius 3 is 2.43 bits per heavy atom. The fraction of sp³-hybridized carbons (Fsp3) is 0.222. The molecule has 0 aromatic heterocycles. The van der Waals surface area contributed by atoms with Gasteiger partial charge in [0.15, 0.2) is 0 Å². The summed E-state index contributed by atoms with van der Waals surface area (Å²) < 4.78 is 26.4. The van der Waals surface area contributed by atoms with Gasteiger partial charge < -0.3 is 5.11 Å². The molecule has 1 atom stereocenters. The van der Waals surface area contributed by atoms with Gasteiger partial charge in [-0.25, -0.2) is 0 Å². The number of halogens is 2. The second kappa shape index (κ2) is 2.37. The van der Waals surface area contributed by atoms with Gasteiger partial charge >= 0.3 is 5.92 Å². The zero-order valence-corrected chi connectivity index (χ0v) is 7.00. The number of rotatable bonds is 0. The second-order valence-electron chi connectivity index (χ2n) is 3.22. The molecule has 0 radical (unpaired) electrons. The van der Waals surface area contributed by atoms with E-state index in [0.29, 0.717) is 0 Å². The number of hydrogen-bond donors (Lipinski definition) is 2. The molecule has 1 aliphatic rings. The first-order valence-corrected chi connectivity index (χ1v) is 3.92. The number of hydrogen-bond acceptors (Lipinski definition) is 3. The van der Waals surface area contributed by atoms with Crippen molar-refractivity contribution >= 4 is 5.78 Å². The number of carbonyl (C=O) groups is 1. The number of benzene rings is 1. The molecular formula is C9H7F2NO2. The van der Waals surface area contributed by atoms with Crippen molar-refractivity contribution in [3.8, 4) is 0 Å². The lowest BCUT2D eigenvalue weighted by atomic mass is 10.1. The minimum Gasteiger partial charge on any atom is -0.366 e. The van der Waals surface area contributed by atoms with Crippen LogP contribution in [0.4, 0.5) is 8.78 Å². The minimum absolute atomic E-state index is 0.220. The first-order valence-electron chi connectivity index (χ1n) is 3.92. The van der Waals surface area contributed by atoms with Crippen LogP contribution in [0.3, 0.4) is 0 Å². The molecule has 1 aromatic carbocycles. The average molecular weight is 199 g/mol. The summed E-state index contributed by atoms with van der Waals surface area (Å²) in [6, 6.07) is 5.31. The average Bonchev–Trinajstić information content (AvgIpc) is 2.27. The summed E-state index contributed by atoms with van der Waals surface area (Å²) in [5.41, 5.74) is 1.71. The predicted octanol–water partition coefficient (Wildman–Crippen LogP) is 0.622. The van der Waals surface area contributed by atoms with Crippen LogP contribution in [0.15, 0.2) is 24.3 Å². The van der Waals surface area contributed by atoms with E-state index in [4.69, 9.17) is 5.73 Å². The molecule has 0 bridgehead atoms. The maximum Gasteiger partial charge on any atom is 0.355 e. The molecule has 14 heavy (non-hydrogen) atoms. The number of carbonyl (C=O) groups excluding carboxylic acids is 1. The van der Waals surface area contributed by atoms with Crippen LogP contribution in [0, 0.1) is 0 Å². The molecule has 1 aliphatic carbocycles. The largest absolute Gasteiger partial charge is 0.366 e. The highest BCUT2D eigenvalue weighted by Gasteiger charge is 2.63. The Hall–Kier alpha value is -1.33. The number of nitrogens with two attached hydrogens (primary N) is 1. The van der Waals surface area contributed by atoms with E-state index in [1.807, 2.05) is 0 Å². The van der Waals surface area contributed by atoms with Crippen molar-refractivity contribution in [2.75, 3.05) is 0 Å². The van der Waals surface area contributed by atoms with E-state index in [1.54, 1.807) is 0 Å². The summed E-state index contributed by atoms with van der Waals surface area (Å²) in [5, 5.41) is 9.35. The smallest absolute Gasteiger partial charge is 0.355 e. The van der Waals surface area contributed by atoms with E-state index >= 15 is 0 Å². The molecular weight excluding hydrogens is 192 g/mol. The van der Waals surface area contributed by atoms with E-state index in [1.165, 1.54) is 24.3 Å². The van der Waals surface area contributed by atoms with Gasteiger partial charge in [-0.1, -0.05) is 24.3 Å². The molecule has 1 aromatic rings. The predicted molar refractivity (Wildman–Crippen MR) is 43.8 cm³/mol. The quantitative estimate of drug-likeness (QED) is 0.602. The Labute approximate surface area is 78.1 Å². The molecule has 0 aliphatic heterocycles. The van der Waals surface area contributed by atoms with E-state index < -0.39 is 17.4 Å². The summed E-state index contributed by atoms with van der Waals surface area (Å²) in [6.07, 6.45) is 0. The van der Waals surface area contributed by atoms with Gasteiger partial charge in [0.1, 0.15) is 0 Å². The van der Waals surface area contributed by atoms with E-state index in [0.717, 1.165) is 0 Å². The number of aliphatic hydroxyl groups is 1. The van der Waals surface area contributed by atoms with E-state index in [9.17, 15) is 18.7 Å². The zero-order chi connectivity index (χ0) is 10.6. The molecule has 2 rings (SSSR count). The lowest BCUT2D eigenvalue weighted by Gasteiger charge is -2.23. The van der Waals surface area contributed by atoms with Crippen LogP contribution in [0.25, 0.3) is 0 Å². The number of fused-ring (bicyclic) bond motifs is 1. The van der Waals surface area contributed by atoms with Gasteiger partial charge in [0.05, 0.1) is 0 Å². The Morgan fingerprint density at radius 2 is 1.86 bits per heavy atom. The zero-order valence-electron chi connectivity index (χ0n) is 7.00. The SMILES string of the molecule is NC1(O)c2ccccc2C(=O)C1(F)F. The number of alkyl halides is 2. The summed E-state index contributed by atoms with van der Waals surface area (Å²) in [5.74, 6) is -5.38. The lowest BCUT2D eigenvalue weighted by molar-refractivity contribution is -0.144. The highest BCUT2D eigenvalue weighted by Crippen LogP contribution is 2.44. The Bertz CT molecular complexity index is 415. The third kappa shape index (κ3) is 0.830. The van der Waals surface area contributed by atoms with Gasteiger partial charge in [0, 0.05) is 11.1 Å². The normalized spacial score (nSPS) is 29.0. The Kier molecular flexibility index (Phi) is 1.56. The van der Waals surface area contributed by atoms with Crippen LogP contribution in [0.1, 0.15) is 15.9 Å². The van der Waals surface area contributed by atoms with Crippen LogP contribution >= 0.6 is 0 Å². The molecule has 0 spiro atoms. The minimum atomic E-state index is -3.95. The summed E-state index contributed by atoms with van der Waals surface area (Å²) in [6.45, 7) is 0. The van der Waals surface area contributed by atoms with Crippen LogP contribution in [0.5, 0.6) is 0 Å².